The molecule has 0 aliphatic rings. The Morgan fingerprint density at radius 3 is 2.52 bits per heavy atom. The third-order valence-electron chi connectivity index (χ3n) is 4.44. The molecule has 0 unspecified atom stereocenters. The van der Waals surface area contributed by atoms with Gasteiger partial charge in [-0.3, -0.25) is 9.79 Å². The number of nitrogens with one attached hydrogen (secondary N) is 1. The summed E-state index contributed by atoms with van der Waals surface area (Å²) in [7, 11) is 7.60. The first-order chi connectivity index (χ1) is 12.9. The van der Waals surface area contributed by atoms with E-state index in [0.29, 0.717) is 19.5 Å². The molecule has 27 heavy (non-hydrogen) atoms. The molecular formula is C20H28BrN5O. The van der Waals surface area contributed by atoms with E-state index in [9.17, 15) is 4.79 Å². The molecule has 0 fully saturated rings. The van der Waals surface area contributed by atoms with Gasteiger partial charge in [-0.05, 0) is 23.8 Å². The number of amides is 1. The lowest BCUT2D eigenvalue weighted by atomic mass is 10.2. The maximum absolute atomic E-state index is 12.4. The average Bonchev–Trinajstić information content (AvgIpc) is 3.05. The molecular weight excluding hydrogens is 406 g/mol. The number of carbonyl (C=O) groups excluding carboxylic acids is 1. The third kappa shape index (κ3) is 6.13. The first-order valence-electron chi connectivity index (χ1n) is 8.91. The number of carbonyl (C=O) groups is 1. The van der Waals surface area contributed by atoms with Gasteiger partial charge in [-0.2, -0.15) is 0 Å². The zero-order valence-corrected chi connectivity index (χ0v) is 18.0. The molecule has 0 saturated heterocycles. The summed E-state index contributed by atoms with van der Waals surface area (Å²) >= 11 is 3.53. The number of hydrogen-bond donors (Lipinski definition) is 1. The van der Waals surface area contributed by atoms with Crippen LogP contribution in [0.5, 0.6) is 0 Å². The van der Waals surface area contributed by atoms with Gasteiger partial charge in [0.2, 0.25) is 5.91 Å². The van der Waals surface area contributed by atoms with Crippen molar-refractivity contribution in [1.82, 2.24) is 19.7 Å². The molecule has 7 heteroatoms. The molecule has 1 heterocycles. The van der Waals surface area contributed by atoms with Crippen LogP contribution < -0.4 is 5.32 Å². The molecule has 0 radical (unpaired) electrons. The zero-order chi connectivity index (χ0) is 19.8. The van der Waals surface area contributed by atoms with Crippen molar-refractivity contribution in [3.05, 3.63) is 58.3 Å². The molecule has 2 aromatic rings. The molecule has 1 aromatic carbocycles. The molecule has 0 spiro atoms. The number of aryl methyl sites for hydroxylation is 1. The molecule has 0 aliphatic heterocycles. The van der Waals surface area contributed by atoms with Crippen molar-refractivity contribution >= 4 is 27.8 Å². The second-order valence-corrected chi connectivity index (χ2v) is 7.39. The van der Waals surface area contributed by atoms with Crippen LogP contribution in [0.1, 0.15) is 17.7 Å². The number of hydrogen-bond acceptors (Lipinski definition) is 2. The van der Waals surface area contributed by atoms with Crippen LogP contribution in [-0.4, -0.2) is 53.9 Å². The Morgan fingerprint density at radius 2 is 1.89 bits per heavy atom. The van der Waals surface area contributed by atoms with Crippen LogP contribution in [0.3, 0.4) is 0 Å². The van der Waals surface area contributed by atoms with E-state index in [1.165, 1.54) is 5.69 Å². The fourth-order valence-electron chi connectivity index (χ4n) is 2.81. The van der Waals surface area contributed by atoms with Crippen molar-refractivity contribution < 1.29 is 4.79 Å². The van der Waals surface area contributed by atoms with Gasteiger partial charge < -0.3 is 19.7 Å². The number of rotatable bonds is 7. The van der Waals surface area contributed by atoms with Crippen LogP contribution in [0, 0.1) is 0 Å². The maximum Gasteiger partial charge on any atom is 0.224 e. The summed E-state index contributed by atoms with van der Waals surface area (Å²) in [6, 6.07) is 12.1. The van der Waals surface area contributed by atoms with Gasteiger partial charge >= 0.3 is 0 Å². The highest BCUT2D eigenvalue weighted by atomic mass is 79.9. The lowest BCUT2D eigenvalue weighted by molar-refractivity contribution is -0.130. The highest BCUT2D eigenvalue weighted by Gasteiger charge is 2.12. The van der Waals surface area contributed by atoms with E-state index in [4.69, 9.17) is 0 Å². The van der Waals surface area contributed by atoms with E-state index < -0.39 is 0 Å². The monoisotopic (exact) mass is 433 g/mol. The summed E-state index contributed by atoms with van der Waals surface area (Å²) < 4.78 is 3.11. The van der Waals surface area contributed by atoms with Crippen LogP contribution in [0.4, 0.5) is 0 Å². The second kappa shape index (κ2) is 10.2. The number of aromatic nitrogens is 1. The van der Waals surface area contributed by atoms with E-state index in [-0.39, 0.29) is 5.91 Å². The van der Waals surface area contributed by atoms with Crippen molar-refractivity contribution in [3.8, 4) is 0 Å². The fraction of sp³-hybridized carbons (Fsp3) is 0.400. The number of aliphatic imine (C=N–C) groups is 1. The topological polar surface area (TPSA) is 52.9 Å². The summed E-state index contributed by atoms with van der Waals surface area (Å²) in [6.07, 6.45) is 2.44. The van der Waals surface area contributed by atoms with Crippen molar-refractivity contribution in [2.24, 2.45) is 12.0 Å². The summed E-state index contributed by atoms with van der Waals surface area (Å²) in [5, 5.41) is 3.27. The number of nitrogens with zero attached hydrogens (tertiary/aromatic N) is 4. The van der Waals surface area contributed by atoms with E-state index in [1.807, 2.05) is 62.6 Å². The normalized spacial score (nSPS) is 11.4. The minimum absolute atomic E-state index is 0.0961. The number of guanidine groups is 1. The first kappa shape index (κ1) is 21.0. The highest BCUT2D eigenvalue weighted by molar-refractivity contribution is 9.10. The first-order valence-corrected chi connectivity index (χ1v) is 9.71. The lowest BCUT2D eigenvalue weighted by Crippen LogP contribution is -2.40. The van der Waals surface area contributed by atoms with Crippen LogP contribution in [0.15, 0.2) is 52.1 Å². The smallest absolute Gasteiger partial charge is 0.224 e. The quantitative estimate of drug-likeness (QED) is 0.539. The largest absolute Gasteiger partial charge is 0.356 e. The van der Waals surface area contributed by atoms with Gasteiger partial charge in [0.25, 0.3) is 0 Å². The summed E-state index contributed by atoms with van der Waals surface area (Å²) in [6.45, 7) is 1.88. The van der Waals surface area contributed by atoms with Crippen molar-refractivity contribution in [2.45, 2.75) is 19.5 Å². The standard InChI is InChI=1S/C20H28BrN5O/c1-22-20(26(4)15-17-9-7-13-24(17)2)23-12-11-19(27)25(3)14-16-8-5-6-10-18(16)21/h5-10,13H,11-12,14-15H2,1-4H3,(H,22,23). The van der Waals surface area contributed by atoms with Crippen molar-refractivity contribution in [2.75, 3.05) is 27.7 Å². The average molecular weight is 434 g/mol. The highest BCUT2D eigenvalue weighted by Crippen LogP contribution is 2.17. The van der Waals surface area contributed by atoms with Gasteiger partial charge in [0.15, 0.2) is 5.96 Å². The number of halogens is 1. The Morgan fingerprint density at radius 1 is 1.15 bits per heavy atom. The maximum atomic E-state index is 12.4. The third-order valence-corrected chi connectivity index (χ3v) is 5.21. The van der Waals surface area contributed by atoms with Crippen molar-refractivity contribution in [1.29, 1.82) is 0 Å². The predicted molar refractivity (Wildman–Crippen MR) is 113 cm³/mol. The summed E-state index contributed by atoms with van der Waals surface area (Å²) in [5.41, 5.74) is 2.30. The Labute approximate surface area is 170 Å². The molecule has 1 amide bonds. The van der Waals surface area contributed by atoms with Gasteiger partial charge in [-0.25, -0.2) is 0 Å². The van der Waals surface area contributed by atoms with Gasteiger partial charge in [0.05, 0.1) is 6.54 Å². The Kier molecular flexibility index (Phi) is 7.91. The van der Waals surface area contributed by atoms with Crippen LogP contribution in [0.2, 0.25) is 0 Å². The molecule has 0 bridgehead atoms. The summed E-state index contributed by atoms with van der Waals surface area (Å²) in [5.74, 6) is 0.872. The number of benzene rings is 1. The van der Waals surface area contributed by atoms with E-state index in [0.717, 1.165) is 22.5 Å². The zero-order valence-electron chi connectivity index (χ0n) is 16.4. The van der Waals surface area contributed by atoms with E-state index >= 15 is 0 Å². The fourth-order valence-corrected chi connectivity index (χ4v) is 3.22. The van der Waals surface area contributed by atoms with Crippen LogP contribution in [-0.2, 0) is 24.9 Å². The van der Waals surface area contributed by atoms with Gasteiger partial charge in [-0.1, -0.05) is 34.1 Å². The Bertz CT molecular complexity index is 786. The molecule has 0 saturated carbocycles. The molecule has 0 aliphatic carbocycles. The second-order valence-electron chi connectivity index (χ2n) is 6.53. The molecule has 6 nitrogen and oxygen atoms in total. The molecule has 1 aromatic heterocycles. The Balaban J connectivity index is 1.80. The van der Waals surface area contributed by atoms with Gasteiger partial charge in [0.1, 0.15) is 0 Å². The predicted octanol–water partition coefficient (Wildman–Crippen LogP) is 2.84. The SMILES string of the molecule is CN=C(NCCC(=O)N(C)Cc1ccccc1Br)N(C)Cc1cccn1C. The van der Waals surface area contributed by atoms with Crippen LogP contribution in [0.25, 0.3) is 0 Å². The molecule has 0 atom stereocenters. The molecule has 2 rings (SSSR count). The van der Waals surface area contributed by atoms with Crippen molar-refractivity contribution in [3.63, 3.8) is 0 Å². The van der Waals surface area contributed by atoms with E-state index in [1.54, 1.807) is 11.9 Å². The van der Waals surface area contributed by atoms with Crippen LogP contribution >= 0.6 is 15.9 Å². The van der Waals surface area contributed by atoms with Gasteiger partial charge in [-0.15, -0.1) is 0 Å². The lowest BCUT2D eigenvalue weighted by Gasteiger charge is -2.23. The van der Waals surface area contributed by atoms with Gasteiger partial charge in [0, 0.05) is 64.1 Å². The molecule has 146 valence electrons. The minimum Gasteiger partial charge on any atom is -0.356 e. The minimum atomic E-state index is 0.0961. The van der Waals surface area contributed by atoms with E-state index in [2.05, 4.69) is 36.9 Å². The summed E-state index contributed by atoms with van der Waals surface area (Å²) in [4.78, 5) is 20.5. The molecule has 1 N–H and O–H groups in total. The Hall–Kier alpha value is -2.28.